The van der Waals surface area contributed by atoms with E-state index in [4.69, 9.17) is 4.74 Å². The smallest absolute Gasteiger partial charge is 0.243 e. The van der Waals surface area contributed by atoms with Gasteiger partial charge in [0.25, 0.3) is 0 Å². The molecule has 0 saturated carbocycles. The van der Waals surface area contributed by atoms with E-state index in [0.29, 0.717) is 31.9 Å². The second kappa shape index (κ2) is 6.83. The summed E-state index contributed by atoms with van der Waals surface area (Å²) in [5.74, 6) is 0.550. The predicted octanol–water partition coefficient (Wildman–Crippen LogP) is 2.51. The Bertz CT molecular complexity index is 813. The van der Waals surface area contributed by atoms with E-state index in [1.807, 2.05) is 6.07 Å². The largest absolute Gasteiger partial charge is 0.497 e. The molecule has 0 atom stereocenters. The van der Waals surface area contributed by atoms with Crippen molar-refractivity contribution in [2.75, 3.05) is 38.2 Å². The van der Waals surface area contributed by atoms with Crippen LogP contribution in [0.2, 0.25) is 0 Å². The standard InChI is InChI=1S/C18H22N2O3S/c1-15-5-3-6-16(13-15)19-9-11-20(12-10-19)24(21,22)18-8-4-7-17(14-18)23-2/h3-8,13-14H,9-12H2,1-2H3. The lowest BCUT2D eigenvalue weighted by molar-refractivity contribution is 0.383. The Morgan fingerprint density at radius 2 is 1.67 bits per heavy atom. The summed E-state index contributed by atoms with van der Waals surface area (Å²) < 4.78 is 32.3. The fourth-order valence-electron chi connectivity index (χ4n) is 2.92. The molecule has 1 saturated heterocycles. The molecule has 1 aliphatic heterocycles. The molecule has 0 spiro atoms. The molecule has 0 N–H and O–H groups in total. The van der Waals surface area contributed by atoms with Crippen LogP contribution in [0.15, 0.2) is 53.4 Å². The number of hydrogen-bond acceptors (Lipinski definition) is 4. The van der Waals surface area contributed by atoms with E-state index in [-0.39, 0.29) is 4.90 Å². The monoisotopic (exact) mass is 346 g/mol. The van der Waals surface area contributed by atoms with Crippen molar-refractivity contribution in [1.29, 1.82) is 0 Å². The van der Waals surface area contributed by atoms with Crippen LogP contribution in [-0.2, 0) is 10.0 Å². The third kappa shape index (κ3) is 3.39. The minimum absolute atomic E-state index is 0.283. The van der Waals surface area contributed by atoms with Crippen molar-refractivity contribution in [3.63, 3.8) is 0 Å². The van der Waals surface area contributed by atoms with Crippen molar-refractivity contribution < 1.29 is 13.2 Å². The number of nitrogens with zero attached hydrogens (tertiary/aromatic N) is 2. The molecule has 0 unspecified atom stereocenters. The van der Waals surface area contributed by atoms with Gasteiger partial charge >= 0.3 is 0 Å². The summed E-state index contributed by atoms with van der Waals surface area (Å²) in [7, 11) is -1.95. The lowest BCUT2D eigenvalue weighted by atomic mass is 10.2. The topological polar surface area (TPSA) is 49.9 Å². The van der Waals surface area contributed by atoms with Crippen molar-refractivity contribution in [3.8, 4) is 5.75 Å². The SMILES string of the molecule is COc1cccc(S(=O)(=O)N2CCN(c3cccc(C)c3)CC2)c1. The zero-order valence-electron chi connectivity index (χ0n) is 14.0. The second-order valence-electron chi connectivity index (χ2n) is 5.91. The Hall–Kier alpha value is -2.05. The van der Waals surface area contributed by atoms with Gasteiger partial charge in [-0.05, 0) is 36.8 Å². The van der Waals surface area contributed by atoms with Crippen LogP contribution in [0.1, 0.15) is 5.56 Å². The third-order valence-electron chi connectivity index (χ3n) is 4.28. The zero-order chi connectivity index (χ0) is 17.2. The Kier molecular flexibility index (Phi) is 4.78. The molecular formula is C18H22N2O3S. The second-order valence-corrected chi connectivity index (χ2v) is 7.85. The molecule has 0 bridgehead atoms. The Morgan fingerprint density at radius 1 is 0.958 bits per heavy atom. The summed E-state index contributed by atoms with van der Waals surface area (Å²) in [5, 5.41) is 0. The molecule has 3 rings (SSSR count). The summed E-state index contributed by atoms with van der Waals surface area (Å²) in [6.07, 6.45) is 0. The maximum absolute atomic E-state index is 12.8. The van der Waals surface area contributed by atoms with Crippen LogP contribution in [-0.4, -0.2) is 46.0 Å². The van der Waals surface area contributed by atoms with Gasteiger partial charge in [0.05, 0.1) is 12.0 Å². The first-order chi connectivity index (χ1) is 11.5. The van der Waals surface area contributed by atoms with Gasteiger partial charge in [0, 0.05) is 37.9 Å². The van der Waals surface area contributed by atoms with E-state index in [1.54, 1.807) is 28.6 Å². The van der Waals surface area contributed by atoms with E-state index in [1.165, 1.54) is 12.7 Å². The average molecular weight is 346 g/mol. The minimum atomic E-state index is -3.48. The van der Waals surface area contributed by atoms with Crippen LogP contribution in [0.3, 0.4) is 0 Å². The van der Waals surface area contributed by atoms with Crippen molar-refractivity contribution in [2.24, 2.45) is 0 Å². The fourth-order valence-corrected chi connectivity index (χ4v) is 4.38. The zero-order valence-corrected chi connectivity index (χ0v) is 14.8. The van der Waals surface area contributed by atoms with Gasteiger partial charge in [-0.15, -0.1) is 0 Å². The summed E-state index contributed by atoms with van der Waals surface area (Å²) >= 11 is 0. The predicted molar refractivity (Wildman–Crippen MR) is 95.1 cm³/mol. The summed E-state index contributed by atoms with van der Waals surface area (Å²) in [4.78, 5) is 2.51. The van der Waals surface area contributed by atoms with Gasteiger partial charge in [-0.1, -0.05) is 18.2 Å². The number of piperazine rings is 1. The van der Waals surface area contributed by atoms with E-state index < -0.39 is 10.0 Å². The highest BCUT2D eigenvalue weighted by Crippen LogP contribution is 2.24. The molecule has 1 fully saturated rings. The number of hydrogen-bond donors (Lipinski definition) is 0. The highest BCUT2D eigenvalue weighted by atomic mass is 32.2. The average Bonchev–Trinajstić information content (AvgIpc) is 2.62. The van der Waals surface area contributed by atoms with E-state index in [0.717, 1.165) is 5.69 Å². The summed E-state index contributed by atoms with van der Waals surface area (Å²) in [6.45, 7) is 4.40. The number of rotatable bonds is 4. The van der Waals surface area contributed by atoms with Gasteiger partial charge in [-0.3, -0.25) is 0 Å². The summed E-state index contributed by atoms with van der Waals surface area (Å²) in [6, 6.07) is 14.9. The number of methoxy groups -OCH3 is 1. The van der Waals surface area contributed by atoms with E-state index >= 15 is 0 Å². The molecule has 0 amide bonds. The maximum Gasteiger partial charge on any atom is 0.243 e. The van der Waals surface area contributed by atoms with E-state index in [9.17, 15) is 8.42 Å². The molecule has 128 valence electrons. The van der Waals surface area contributed by atoms with Crippen LogP contribution in [0.5, 0.6) is 5.75 Å². The molecule has 2 aromatic carbocycles. The van der Waals surface area contributed by atoms with Crippen molar-refractivity contribution in [3.05, 3.63) is 54.1 Å². The number of benzene rings is 2. The summed E-state index contributed by atoms with van der Waals surface area (Å²) in [5.41, 5.74) is 2.35. The molecule has 6 heteroatoms. The van der Waals surface area contributed by atoms with Gasteiger partial charge < -0.3 is 9.64 Å². The maximum atomic E-state index is 12.8. The minimum Gasteiger partial charge on any atom is -0.497 e. The van der Waals surface area contributed by atoms with Crippen molar-refractivity contribution in [2.45, 2.75) is 11.8 Å². The highest BCUT2D eigenvalue weighted by Gasteiger charge is 2.28. The van der Waals surface area contributed by atoms with Gasteiger partial charge in [0.2, 0.25) is 10.0 Å². The van der Waals surface area contributed by atoms with Crippen LogP contribution < -0.4 is 9.64 Å². The fraction of sp³-hybridized carbons (Fsp3) is 0.333. The first-order valence-corrected chi connectivity index (χ1v) is 9.40. The molecule has 0 aromatic heterocycles. The van der Waals surface area contributed by atoms with Crippen LogP contribution in [0.4, 0.5) is 5.69 Å². The quantitative estimate of drug-likeness (QED) is 0.854. The Morgan fingerprint density at radius 3 is 2.33 bits per heavy atom. The van der Waals surface area contributed by atoms with Crippen LogP contribution >= 0.6 is 0 Å². The molecule has 5 nitrogen and oxygen atoms in total. The molecule has 1 heterocycles. The van der Waals surface area contributed by atoms with E-state index in [2.05, 4.69) is 30.0 Å². The number of ether oxygens (including phenoxy) is 1. The number of aryl methyl sites for hydroxylation is 1. The molecular weight excluding hydrogens is 324 g/mol. The van der Waals surface area contributed by atoms with Gasteiger partial charge in [0.1, 0.15) is 5.75 Å². The van der Waals surface area contributed by atoms with Gasteiger partial charge in [-0.25, -0.2) is 8.42 Å². The molecule has 2 aromatic rings. The lowest BCUT2D eigenvalue weighted by Gasteiger charge is -2.35. The molecule has 0 radical (unpaired) electrons. The Labute approximate surface area is 143 Å². The van der Waals surface area contributed by atoms with Crippen LogP contribution in [0, 0.1) is 6.92 Å². The molecule has 1 aliphatic rings. The Balaban J connectivity index is 1.73. The van der Waals surface area contributed by atoms with Gasteiger partial charge in [-0.2, -0.15) is 4.31 Å². The molecule has 0 aliphatic carbocycles. The first-order valence-electron chi connectivity index (χ1n) is 7.96. The first kappa shape index (κ1) is 16.8. The van der Waals surface area contributed by atoms with Crippen molar-refractivity contribution in [1.82, 2.24) is 4.31 Å². The van der Waals surface area contributed by atoms with Crippen LogP contribution in [0.25, 0.3) is 0 Å². The normalized spacial score (nSPS) is 16.2. The molecule has 24 heavy (non-hydrogen) atoms. The lowest BCUT2D eigenvalue weighted by Crippen LogP contribution is -2.48. The third-order valence-corrected chi connectivity index (χ3v) is 6.18. The number of sulfonamides is 1. The highest BCUT2D eigenvalue weighted by molar-refractivity contribution is 7.89. The van der Waals surface area contributed by atoms with Crippen molar-refractivity contribution >= 4 is 15.7 Å². The number of anilines is 1. The van der Waals surface area contributed by atoms with Gasteiger partial charge in [0.15, 0.2) is 0 Å².